The lowest BCUT2D eigenvalue weighted by Crippen LogP contribution is -2.37. The van der Waals surface area contributed by atoms with Crippen molar-refractivity contribution in [2.75, 3.05) is 0 Å². The fourth-order valence-electron chi connectivity index (χ4n) is 1.16. The van der Waals surface area contributed by atoms with Gasteiger partial charge >= 0.3 is 7.32 Å². The molecule has 5 heteroatoms. The van der Waals surface area contributed by atoms with Gasteiger partial charge in [0, 0.05) is 0 Å². The highest BCUT2D eigenvalue weighted by molar-refractivity contribution is 6.88. The highest BCUT2D eigenvalue weighted by Gasteiger charge is 2.18. The topological polar surface area (TPSA) is 49.7 Å². The van der Waals surface area contributed by atoms with Gasteiger partial charge in [0.25, 0.3) is 0 Å². The fraction of sp³-hybridized carbons (Fsp3) is 0.333. The normalized spacial score (nSPS) is 11.2. The minimum atomic E-state index is -1.74. The van der Waals surface area contributed by atoms with Gasteiger partial charge < -0.3 is 14.7 Å². The molecular formula is C9H15BO3Si. The van der Waals surface area contributed by atoms with Crippen LogP contribution in [-0.4, -0.2) is 25.4 Å². The molecule has 2 N–H and O–H groups in total. The molecule has 0 fully saturated rings. The molecule has 0 aromatic heterocycles. The first-order valence-corrected chi connectivity index (χ1v) is 8.03. The largest absolute Gasteiger partial charge is 0.707 e. The van der Waals surface area contributed by atoms with E-state index in [-0.39, 0.29) is 0 Å². The van der Waals surface area contributed by atoms with Gasteiger partial charge in [-0.3, -0.25) is 0 Å². The van der Waals surface area contributed by atoms with Crippen LogP contribution in [0.15, 0.2) is 24.3 Å². The van der Waals surface area contributed by atoms with Crippen LogP contribution in [-0.2, 0) is 0 Å². The Labute approximate surface area is 85.5 Å². The van der Waals surface area contributed by atoms with Crippen LogP contribution in [0.3, 0.4) is 0 Å². The van der Waals surface area contributed by atoms with Crippen molar-refractivity contribution in [3.05, 3.63) is 24.3 Å². The summed E-state index contributed by atoms with van der Waals surface area (Å²) in [5, 5.41) is 18.5. The Morgan fingerprint density at radius 1 is 1.21 bits per heavy atom. The molecule has 3 nitrogen and oxygen atoms in total. The monoisotopic (exact) mass is 210 g/mol. The average Bonchev–Trinajstić information content (AvgIpc) is 2.01. The summed E-state index contributed by atoms with van der Waals surface area (Å²) in [6, 6.07) is 7.49. The summed E-state index contributed by atoms with van der Waals surface area (Å²) in [6.07, 6.45) is 0. The lowest BCUT2D eigenvalue weighted by atomic mass is 10.2. The molecule has 76 valence electrons. The van der Waals surface area contributed by atoms with Crippen LogP contribution < -0.4 is 9.84 Å². The third kappa shape index (κ3) is 3.17. The quantitative estimate of drug-likeness (QED) is 0.717. The van der Waals surface area contributed by atoms with Crippen molar-refractivity contribution in [1.82, 2.24) is 0 Å². The van der Waals surface area contributed by atoms with Crippen LogP contribution in [0.4, 0.5) is 0 Å². The summed E-state index contributed by atoms with van der Waals surface area (Å²) in [4.78, 5) is 0. The van der Waals surface area contributed by atoms with E-state index < -0.39 is 15.4 Å². The zero-order valence-corrected chi connectivity index (χ0v) is 9.69. The van der Waals surface area contributed by atoms with E-state index in [0.717, 1.165) is 0 Å². The van der Waals surface area contributed by atoms with Crippen molar-refractivity contribution in [3.8, 4) is 5.75 Å². The molecule has 0 aliphatic rings. The second-order valence-corrected chi connectivity index (χ2v) is 9.30. The van der Waals surface area contributed by atoms with Crippen molar-refractivity contribution in [1.29, 1.82) is 0 Å². The van der Waals surface area contributed by atoms with Crippen molar-refractivity contribution in [3.63, 3.8) is 0 Å². The zero-order chi connectivity index (χ0) is 10.8. The Balaban J connectivity index is 2.90. The van der Waals surface area contributed by atoms with Crippen LogP contribution in [0.25, 0.3) is 0 Å². The fourth-order valence-corrected chi connectivity index (χ4v) is 2.33. The first kappa shape index (κ1) is 11.3. The summed E-state index contributed by atoms with van der Waals surface area (Å²) in [5.41, 5.74) is 0. The van der Waals surface area contributed by atoms with Crippen LogP contribution in [0.1, 0.15) is 0 Å². The first-order chi connectivity index (χ1) is 6.39. The van der Waals surface area contributed by atoms with E-state index in [2.05, 4.69) is 19.6 Å². The highest BCUT2D eigenvalue weighted by atomic mass is 28.3. The Kier molecular flexibility index (Phi) is 3.36. The minimum Gasteiger partial charge on any atom is -0.512 e. The Morgan fingerprint density at radius 2 is 1.86 bits per heavy atom. The maximum atomic E-state index is 8.64. The van der Waals surface area contributed by atoms with Gasteiger partial charge in [-0.1, -0.05) is 37.0 Å². The lowest BCUT2D eigenvalue weighted by molar-refractivity contribution is 0.288. The van der Waals surface area contributed by atoms with Gasteiger partial charge in [-0.15, -0.1) is 0 Å². The van der Waals surface area contributed by atoms with Gasteiger partial charge in [-0.25, -0.2) is 0 Å². The summed E-state index contributed by atoms with van der Waals surface area (Å²) < 4.78 is 4.78. The van der Waals surface area contributed by atoms with Crippen molar-refractivity contribution >= 4 is 20.6 Å². The average molecular weight is 210 g/mol. The third-order valence-electron chi connectivity index (χ3n) is 1.94. The Morgan fingerprint density at radius 3 is 2.36 bits per heavy atom. The molecule has 0 amide bonds. The van der Waals surface area contributed by atoms with Crippen LogP contribution in [0.5, 0.6) is 5.75 Å². The molecule has 0 saturated carbocycles. The molecule has 0 heterocycles. The van der Waals surface area contributed by atoms with Crippen molar-refractivity contribution < 1.29 is 14.7 Å². The molecule has 0 spiro atoms. The number of benzene rings is 1. The van der Waals surface area contributed by atoms with Crippen LogP contribution in [0, 0.1) is 0 Å². The van der Waals surface area contributed by atoms with Crippen LogP contribution in [0.2, 0.25) is 19.6 Å². The van der Waals surface area contributed by atoms with Gasteiger partial charge in [0.05, 0.1) is 8.07 Å². The van der Waals surface area contributed by atoms with E-state index in [1.165, 1.54) is 5.19 Å². The molecular weight excluding hydrogens is 195 g/mol. The summed E-state index contributed by atoms with van der Waals surface area (Å²) in [5.74, 6) is 0.500. The SMILES string of the molecule is C[Si](C)(C)c1cccc(OB(O)O)c1. The summed E-state index contributed by atoms with van der Waals surface area (Å²) >= 11 is 0. The molecule has 0 unspecified atom stereocenters. The lowest BCUT2D eigenvalue weighted by Gasteiger charge is -2.17. The Bertz CT molecular complexity index is 309. The molecule has 1 aromatic rings. The van der Waals surface area contributed by atoms with E-state index >= 15 is 0 Å². The summed E-state index contributed by atoms with van der Waals surface area (Å²) in [6.45, 7) is 6.67. The predicted molar refractivity (Wildman–Crippen MR) is 60.2 cm³/mol. The first-order valence-electron chi connectivity index (χ1n) is 4.53. The number of hydrogen-bond donors (Lipinski definition) is 2. The highest BCUT2D eigenvalue weighted by Crippen LogP contribution is 2.11. The van der Waals surface area contributed by atoms with E-state index in [1.54, 1.807) is 6.07 Å². The molecule has 0 bridgehead atoms. The molecule has 0 aliphatic heterocycles. The van der Waals surface area contributed by atoms with E-state index in [4.69, 9.17) is 14.7 Å². The number of rotatable bonds is 3. The van der Waals surface area contributed by atoms with Crippen molar-refractivity contribution in [2.45, 2.75) is 19.6 Å². The predicted octanol–water partition coefficient (Wildman–Crippen LogP) is 0.580. The smallest absolute Gasteiger partial charge is 0.512 e. The molecule has 14 heavy (non-hydrogen) atoms. The van der Waals surface area contributed by atoms with E-state index in [0.29, 0.717) is 5.75 Å². The van der Waals surface area contributed by atoms with Gasteiger partial charge in [0.1, 0.15) is 5.75 Å². The van der Waals surface area contributed by atoms with Crippen LogP contribution >= 0.6 is 0 Å². The third-order valence-corrected chi connectivity index (χ3v) is 3.98. The molecule has 0 saturated heterocycles. The zero-order valence-electron chi connectivity index (χ0n) is 8.69. The van der Waals surface area contributed by atoms with Gasteiger partial charge in [0.15, 0.2) is 0 Å². The van der Waals surface area contributed by atoms with Gasteiger partial charge in [-0.05, 0) is 12.1 Å². The van der Waals surface area contributed by atoms with E-state index in [1.807, 2.05) is 18.2 Å². The minimum absolute atomic E-state index is 0.500. The second-order valence-electron chi connectivity index (χ2n) is 4.22. The summed E-state index contributed by atoms with van der Waals surface area (Å²) in [7, 11) is -3.10. The van der Waals surface area contributed by atoms with Gasteiger partial charge in [-0.2, -0.15) is 0 Å². The molecule has 1 rings (SSSR count). The van der Waals surface area contributed by atoms with E-state index in [9.17, 15) is 0 Å². The standard InChI is InChI=1S/C9H15BO3Si/c1-14(2,3)9-6-4-5-8(7-9)13-10(11)12/h4-7,11-12H,1-3H3. The number of hydrogen-bond acceptors (Lipinski definition) is 3. The Hall–Kier alpha value is -0.778. The van der Waals surface area contributed by atoms with Crippen molar-refractivity contribution in [2.24, 2.45) is 0 Å². The maximum Gasteiger partial charge on any atom is 0.707 e. The maximum absolute atomic E-state index is 8.64. The molecule has 0 aliphatic carbocycles. The second kappa shape index (κ2) is 4.17. The molecule has 0 atom stereocenters. The molecule has 0 radical (unpaired) electrons. The molecule has 1 aromatic carbocycles. The van der Waals surface area contributed by atoms with Gasteiger partial charge in [0.2, 0.25) is 0 Å².